The molecule has 1 fully saturated rings. The maximum atomic E-state index is 10.8. The van der Waals surface area contributed by atoms with E-state index in [4.69, 9.17) is 10.8 Å². The SMILES string of the molecule is CC(O)C(N)(C(=O)O)C1CCC1. The van der Waals surface area contributed by atoms with Crippen molar-refractivity contribution < 1.29 is 15.0 Å². The molecule has 12 heavy (non-hydrogen) atoms. The van der Waals surface area contributed by atoms with Crippen molar-refractivity contribution in [3.63, 3.8) is 0 Å². The second-order valence-electron chi connectivity index (χ2n) is 3.54. The molecule has 4 N–H and O–H groups in total. The maximum Gasteiger partial charge on any atom is 0.326 e. The maximum absolute atomic E-state index is 10.8. The Morgan fingerprint density at radius 2 is 2.17 bits per heavy atom. The summed E-state index contributed by atoms with van der Waals surface area (Å²) in [5.74, 6) is -1.16. The summed E-state index contributed by atoms with van der Waals surface area (Å²) in [5.41, 5.74) is 4.21. The molecule has 1 rings (SSSR count). The number of hydrogen-bond donors (Lipinski definition) is 3. The van der Waals surface area contributed by atoms with Gasteiger partial charge < -0.3 is 15.9 Å². The highest BCUT2D eigenvalue weighted by Crippen LogP contribution is 2.36. The monoisotopic (exact) mass is 173 g/mol. The first kappa shape index (κ1) is 9.48. The highest BCUT2D eigenvalue weighted by molar-refractivity contribution is 5.80. The summed E-state index contributed by atoms with van der Waals surface area (Å²) in [6, 6.07) is 0. The largest absolute Gasteiger partial charge is 0.480 e. The third kappa shape index (κ3) is 1.21. The summed E-state index contributed by atoms with van der Waals surface area (Å²) in [5, 5.41) is 18.1. The molecular weight excluding hydrogens is 158 g/mol. The molecule has 0 saturated heterocycles. The van der Waals surface area contributed by atoms with E-state index in [1.807, 2.05) is 0 Å². The van der Waals surface area contributed by atoms with E-state index < -0.39 is 17.6 Å². The smallest absolute Gasteiger partial charge is 0.326 e. The first-order valence-corrected chi connectivity index (χ1v) is 4.20. The van der Waals surface area contributed by atoms with Crippen molar-refractivity contribution in [2.45, 2.75) is 37.8 Å². The van der Waals surface area contributed by atoms with E-state index in [0.29, 0.717) is 0 Å². The van der Waals surface area contributed by atoms with Gasteiger partial charge in [-0.25, -0.2) is 0 Å². The number of carbonyl (C=O) groups is 1. The minimum atomic E-state index is -1.43. The minimum Gasteiger partial charge on any atom is -0.480 e. The lowest BCUT2D eigenvalue weighted by Gasteiger charge is -2.41. The standard InChI is InChI=1S/C8H15NO3/c1-5(10)8(9,7(11)12)6-3-2-4-6/h5-6,10H,2-4,9H2,1H3,(H,11,12). The van der Waals surface area contributed by atoms with Crippen molar-refractivity contribution in [3.05, 3.63) is 0 Å². The molecule has 0 radical (unpaired) electrons. The fraction of sp³-hybridized carbons (Fsp3) is 0.875. The van der Waals surface area contributed by atoms with Gasteiger partial charge in [-0.2, -0.15) is 0 Å². The molecule has 0 aliphatic heterocycles. The van der Waals surface area contributed by atoms with Crippen LogP contribution in [0.3, 0.4) is 0 Å². The molecule has 70 valence electrons. The van der Waals surface area contributed by atoms with E-state index in [2.05, 4.69) is 0 Å². The zero-order valence-corrected chi connectivity index (χ0v) is 7.16. The van der Waals surface area contributed by atoms with Crippen LogP contribution >= 0.6 is 0 Å². The fourth-order valence-electron chi connectivity index (χ4n) is 1.58. The molecule has 0 aromatic carbocycles. The lowest BCUT2D eigenvalue weighted by molar-refractivity contribution is -0.152. The van der Waals surface area contributed by atoms with Crippen LogP contribution in [0.5, 0.6) is 0 Å². The Morgan fingerprint density at radius 1 is 1.67 bits per heavy atom. The van der Waals surface area contributed by atoms with Crippen LogP contribution in [0.25, 0.3) is 0 Å². The Labute approximate surface area is 71.4 Å². The van der Waals surface area contributed by atoms with E-state index in [0.717, 1.165) is 19.3 Å². The van der Waals surface area contributed by atoms with E-state index in [1.54, 1.807) is 0 Å². The average molecular weight is 173 g/mol. The molecule has 0 bridgehead atoms. The molecule has 0 aromatic heterocycles. The molecule has 2 unspecified atom stereocenters. The predicted octanol–water partition coefficient (Wildman–Crippen LogP) is -0.0506. The topological polar surface area (TPSA) is 83.5 Å². The highest BCUT2D eigenvalue weighted by Gasteiger charge is 2.48. The van der Waals surface area contributed by atoms with Gasteiger partial charge in [-0.15, -0.1) is 0 Å². The molecule has 0 amide bonds. The number of nitrogens with two attached hydrogens (primary N) is 1. The van der Waals surface area contributed by atoms with Gasteiger partial charge in [0.2, 0.25) is 0 Å². The van der Waals surface area contributed by atoms with Crippen LogP contribution in [0.2, 0.25) is 0 Å². The second-order valence-corrected chi connectivity index (χ2v) is 3.54. The third-order valence-electron chi connectivity index (χ3n) is 2.84. The first-order valence-electron chi connectivity index (χ1n) is 4.20. The van der Waals surface area contributed by atoms with Crippen LogP contribution in [0, 0.1) is 5.92 Å². The number of hydrogen-bond acceptors (Lipinski definition) is 3. The van der Waals surface area contributed by atoms with Crippen molar-refractivity contribution in [2.24, 2.45) is 11.7 Å². The van der Waals surface area contributed by atoms with Crippen molar-refractivity contribution in [1.29, 1.82) is 0 Å². The van der Waals surface area contributed by atoms with Gasteiger partial charge in [0, 0.05) is 0 Å². The third-order valence-corrected chi connectivity index (χ3v) is 2.84. The van der Waals surface area contributed by atoms with Gasteiger partial charge in [-0.3, -0.25) is 4.79 Å². The molecule has 0 heterocycles. The summed E-state index contributed by atoms with van der Waals surface area (Å²) < 4.78 is 0. The van der Waals surface area contributed by atoms with Crippen molar-refractivity contribution in [3.8, 4) is 0 Å². The lowest BCUT2D eigenvalue weighted by atomic mass is 9.69. The first-order chi connectivity index (χ1) is 5.49. The zero-order chi connectivity index (χ0) is 9.35. The van der Waals surface area contributed by atoms with Crippen LogP contribution in [0.4, 0.5) is 0 Å². The summed E-state index contributed by atoms with van der Waals surface area (Å²) >= 11 is 0. The quantitative estimate of drug-likeness (QED) is 0.558. The Hall–Kier alpha value is -0.610. The number of carboxylic acid groups (broad SMARTS) is 1. The predicted molar refractivity (Wildman–Crippen MR) is 43.6 cm³/mol. The van der Waals surface area contributed by atoms with Gasteiger partial charge in [0.25, 0.3) is 0 Å². The Bertz CT molecular complexity index is 189. The number of aliphatic hydroxyl groups excluding tert-OH is 1. The van der Waals surface area contributed by atoms with Crippen molar-refractivity contribution >= 4 is 5.97 Å². The van der Waals surface area contributed by atoms with E-state index >= 15 is 0 Å². The molecule has 1 aliphatic carbocycles. The second kappa shape index (κ2) is 3.03. The number of carboxylic acids is 1. The summed E-state index contributed by atoms with van der Waals surface area (Å²) in [4.78, 5) is 10.8. The average Bonchev–Trinajstić information content (AvgIpc) is 1.82. The highest BCUT2D eigenvalue weighted by atomic mass is 16.4. The summed E-state index contributed by atoms with van der Waals surface area (Å²) in [6.07, 6.45) is 1.66. The number of rotatable bonds is 3. The Balaban J connectivity index is 2.77. The van der Waals surface area contributed by atoms with Crippen LogP contribution in [-0.2, 0) is 4.79 Å². The van der Waals surface area contributed by atoms with Gasteiger partial charge in [0.1, 0.15) is 5.54 Å². The summed E-state index contributed by atoms with van der Waals surface area (Å²) in [7, 11) is 0. The van der Waals surface area contributed by atoms with Crippen molar-refractivity contribution in [2.75, 3.05) is 0 Å². The van der Waals surface area contributed by atoms with Crippen molar-refractivity contribution in [1.82, 2.24) is 0 Å². The molecule has 2 atom stereocenters. The van der Waals surface area contributed by atoms with Gasteiger partial charge >= 0.3 is 5.97 Å². The molecule has 4 nitrogen and oxygen atoms in total. The molecule has 0 spiro atoms. The van der Waals surface area contributed by atoms with Gasteiger partial charge in [0.15, 0.2) is 0 Å². The zero-order valence-electron chi connectivity index (χ0n) is 7.16. The lowest BCUT2D eigenvalue weighted by Crippen LogP contribution is -2.63. The fourth-order valence-corrected chi connectivity index (χ4v) is 1.58. The van der Waals surface area contributed by atoms with Crippen LogP contribution in [0.1, 0.15) is 26.2 Å². The van der Waals surface area contributed by atoms with Crippen LogP contribution in [0.15, 0.2) is 0 Å². The van der Waals surface area contributed by atoms with Crippen LogP contribution < -0.4 is 5.73 Å². The van der Waals surface area contributed by atoms with Gasteiger partial charge in [-0.1, -0.05) is 6.42 Å². The molecular formula is C8H15NO3. The molecule has 0 aromatic rings. The van der Waals surface area contributed by atoms with E-state index in [1.165, 1.54) is 6.92 Å². The van der Waals surface area contributed by atoms with Crippen LogP contribution in [-0.4, -0.2) is 27.8 Å². The molecule has 4 heteroatoms. The summed E-state index contributed by atoms with van der Waals surface area (Å²) in [6.45, 7) is 1.44. The Morgan fingerprint density at radius 3 is 2.25 bits per heavy atom. The number of aliphatic carboxylic acids is 1. The number of aliphatic hydroxyl groups is 1. The Kier molecular flexibility index (Phi) is 2.39. The molecule has 1 saturated carbocycles. The minimum absolute atomic E-state index is 0.0602. The van der Waals surface area contributed by atoms with Gasteiger partial charge in [0.05, 0.1) is 6.10 Å². The normalized spacial score (nSPS) is 25.6. The van der Waals surface area contributed by atoms with Gasteiger partial charge in [-0.05, 0) is 25.7 Å². The van der Waals surface area contributed by atoms with E-state index in [-0.39, 0.29) is 5.92 Å². The van der Waals surface area contributed by atoms with E-state index in [9.17, 15) is 9.90 Å². The molecule has 1 aliphatic rings.